The van der Waals surface area contributed by atoms with Crippen LogP contribution in [0.5, 0.6) is 0 Å². The van der Waals surface area contributed by atoms with Crippen molar-refractivity contribution in [2.24, 2.45) is 0 Å². The maximum absolute atomic E-state index is 5.19. The molecule has 1 rings (SSSR count). The quantitative estimate of drug-likeness (QED) is 0.457. The van der Waals surface area contributed by atoms with Gasteiger partial charge in [-0.05, 0) is 0 Å². The van der Waals surface area contributed by atoms with E-state index in [0.29, 0.717) is 13.2 Å². The number of ether oxygens (including phenoxy) is 2. The van der Waals surface area contributed by atoms with Gasteiger partial charge in [-0.3, -0.25) is 0 Å². The van der Waals surface area contributed by atoms with Gasteiger partial charge in [0.05, 0.1) is 19.3 Å². The van der Waals surface area contributed by atoms with E-state index >= 15 is 0 Å². The van der Waals surface area contributed by atoms with Gasteiger partial charge in [0.1, 0.15) is 5.94 Å². The first-order valence-electron chi connectivity index (χ1n) is 3.21. The zero-order chi connectivity index (χ0) is 7.23. The van der Waals surface area contributed by atoms with E-state index in [-0.39, 0.29) is 6.10 Å². The third-order valence-electron chi connectivity index (χ3n) is 1.14. The van der Waals surface area contributed by atoms with Crippen molar-refractivity contribution in [1.29, 1.82) is 0 Å². The van der Waals surface area contributed by atoms with E-state index in [0.717, 1.165) is 5.75 Å². The Morgan fingerprint density at radius 3 is 3.40 bits per heavy atom. The molecule has 0 aromatic carbocycles. The summed E-state index contributed by atoms with van der Waals surface area (Å²) in [7, 11) is 0. The van der Waals surface area contributed by atoms with Crippen LogP contribution in [0, 0.1) is 5.94 Å². The molecule has 1 fully saturated rings. The molecule has 0 aromatic rings. The molecule has 0 aromatic heterocycles. The van der Waals surface area contributed by atoms with Crippen molar-refractivity contribution in [2.45, 2.75) is 6.10 Å². The van der Waals surface area contributed by atoms with Gasteiger partial charge in [0.25, 0.3) is 0 Å². The topological polar surface area (TPSA) is 18.5 Å². The van der Waals surface area contributed by atoms with E-state index in [9.17, 15) is 0 Å². The fourth-order valence-electron chi connectivity index (χ4n) is 0.674. The van der Waals surface area contributed by atoms with Gasteiger partial charge in [0, 0.05) is 5.75 Å². The Balaban J connectivity index is 1.96. The Morgan fingerprint density at radius 2 is 2.80 bits per heavy atom. The molecule has 57 valence electrons. The van der Waals surface area contributed by atoms with Crippen LogP contribution in [0.2, 0.25) is 0 Å². The zero-order valence-electron chi connectivity index (χ0n) is 5.79. The van der Waals surface area contributed by atoms with Gasteiger partial charge in [0.2, 0.25) is 0 Å². The first kappa shape index (κ1) is 8.11. The second-order valence-corrected chi connectivity index (χ2v) is 2.87. The lowest BCUT2D eigenvalue weighted by Crippen LogP contribution is -2.16. The van der Waals surface area contributed by atoms with Gasteiger partial charge >= 0.3 is 0 Å². The largest absolute Gasteiger partial charge is 0.375 e. The number of hydrogen-bond acceptors (Lipinski definition) is 3. The van der Waals surface area contributed by atoms with Crippen molar-refractivity contribution >= 4 is 11.8 Å². The van der Waals surface area contributed by atoms with Gasteiger partial charge in [0.15, 0.2) is 0 Å². The molecule has 1 radical (unpaired) electrons. The van der Waals surface area contributed by atoms with Gasteiger partial charge < -0.3 is 9.47 Å². The molecule has 1 aliphatic heterocycles. The molecule has 1 aliphatic rings. The van der Waals surface area contributed by atoms with Crippen molar-refractivity contribution in [3.05, 3.63) is 18.6 Å². The summed E-state index contributed by atoms with van der Waals surface area (Å²) in [5, 5.41) is 0. The van der Waals surface area contributed by atoms with Crippen LogP contribution >= 0.6 is 11.8 Å². The lowest BCUT2D eigenvalue weighted by molar-refractivity contribution is 0.0514. The van der Waals surface area contributed by atoms with Crippen LogP contribution in [0.3, 0.4) is 0 Å². The van der Waals surface area contributed by atoms with Crippen LogP contribution in [0.1, 0.15) is 0 Å². The minimum Gasteiger partial charge on any atom is -0.375 e. The summed E-state index contributed by atoms with van der Waals surface area (Å²) in [6.45, 7) is 4.84. The van der Waals surface area contributed by atoms with Gasteiger partial charge in [-0.2, -0.15) is 0 Å². The van der Waals surface area contributed by atoms with Crippen LogP contribution in [0.25, 0.3) is 0 Å². The summed E-state index contributed by atoms with van der Waals surface area (Å²) in [5.74, 6) is 2.78. The number of thioether (sulfide) groups is 1. The average molecular weight is 159 g/mol. The molecular weight excluding hydrogens is 148 g/mol. The molecule has 1 atom stereocenters. The van der Waals surface area contributed by atoms with E-state index < -0.39 is 0 Å². The normalized spacial score (nSPS) is 25.0. The van der Waals surface area contributed by atoms with Crippen LogP contribution in [0.4, 0.5) is 0 Å². The highest BCUT2D eigenvalue weighted by molar-refractivity contribution is 8.01. The minimum absolute atomic E-state index is 0.255. The Morgan fingerprint density at radius 1 is 1.90 bits per heavy atom. The summed E-state index contributed by atoms with van der Waals surface area (Å²) in [6.07, 6.45) is 2.00. The highest BCUT2D eigenvalue weighted by atomic mass is 32.2. The highest BCUT2D eigenvalue weighted by Crippen LogP contribution is 2.20. The summed E-state index contributed by atoms with van der Waals surface area (Å²) >= 11 is 1.69. The third kappa shape index (κ3) is 2.73. The lowest BCUT2D eigenvalue weighted by atomic mass is 10.4. The van der Waals surface area contributed by atoms with Crippen LogP contribution in [-0.4, -0.2) is 25.1 Å². The molecular formula is C7H11O2S. The average Bonchev–Trinajstić information content (AvgIpc) is 2.41. The summed E-state index contributed by atoms with van der Waals surface area (Å²) < 4.78 is 10.4. The summed E-state index contributed by atoms with van der Waals surface area (Å²) in [4.78, 5) is 0. The lowest BCUT2D eigenvalue weighted by Gasteiger charge is -2.06. The Hall–Kier alpha value is 0.01000. The predicted molar refractivity (Wildman–Crippen MR) is 42.6 cm³/mol. The molecule has 1 unspecified atom stereocenters. The molecule has 10 heavy (non-hydrogen) atoms. The monoisotopic (exact) mass is 159 g/mol. The van der Waals surface area contributed by atoms with E-state index in [1.807, 2.05) is 0 Å². The maximum atomic E-state index is 5.19. The van der Waals surface area contributed by atoms with Gasteiger partial charge in [-0.15, -0.1) is 18.3 Å². The van der Waals surface area contributed by atoms with Crippen molar-refractivity contribution < 1.29 is 9.47 Å². The Bertz CT molecular complexity index is 99.8. The SMILES string of the molecule is C=CCOCC1CS[CH]O1. The molecule has 0 spiro atoms. The van der Waals surface area contributed by atoms with Crippen molar-refractivity contribution in [2.75, 3.05) is 19.0 Å². The fraction of sp³-hybridized carbons (Fsp3) is 0.571. The molecule has 3 heteroatoms. The molecule has 0 saturated carbocycles. The first-order valence-corrected chi connectivity index (χ1v) is 4.25. The summed E-state index contributed by atoms with van der Waals surface area (Å²) in [5.41, 5.74) is 0. The van der Waals surface area contributed by atoms with Crippen molar-refractivity contribution in [3.8, 4) is 0 Å². The number of rotatable bonds is 4. The van der Waals surface area contributed by atoms with E-state index in [4.69, 9.17) is 9.47 Å². The van der Waals surface area contributed by atoms with E-state index in [1.165, 1.54) is 0 Å². The zero-order valence-corrected chi connectivity index (χ0v) is 6.60. The van der Waals surface area contributed by atoms with Crippen LogP contribution in [0.15, 0.2) is 12.7 Å². The smallest absolute Gasteiger partial charge is 0.139 e. The predicted octanol–water partition coefficient (Wildman–Crippen LogP) is 1.44. The van der Waals surface area contributed by atoms with Gasteiger partial charge in [-0.1, -0.05) is 6.08 Å². The van der Waals surface area contributed by atoms with Crippen molar-refractivity contribution in [3.63, 3.8) is 0 Å². The standard InChI is InChI=1S/C7H11O2S/c1-2-3-8-4-7-5-10-6-9-7/h2,6-7H,1,3-5H2. The van der Waals surface area contributed by atoms with Crippen LogP contribution in [-0.2, 0) is 9.47 Å². The van der Waals surface area contributed by atoms with E-state index in [1.54, 1.807) is 23.8 Å². The van der Waals surface area contributed by atoms with Gasteiger partial charge in [-0.25, -0.2) is 0 Å². The second-order valence-electron chi connectivity index (χ2n) is 2.01. The molecule has 1 heterocycles. The Kier molecular flexibility index (Phi) is 3.87. The summed E-state index contributed by atoms with van der Waals surface area (Å²) in [6, 6.07) is 0. The molecule has 0 bridgehead atoms. The number of hydrogen-bond donors (Lipinski definition) is 0. The van der Waals surface area contributed by atoms with Crippen molar-refractivity contribution in [1.82, 2.24) is 0 Å². The first-order chi connectivity index (χ1) is 4.93. The molecule has 1 saturated heterocycles. The molecule has 0 N–H and O–H groups in total. The molecule has 2 nitrogen and oxygen atoms in total. The highest BCUT2D eigenvalue weighted by Gasteiger charge is 2.15. The van der Waals surface area contributed by atoms with E-state index in [2.05, 4.69) is 6.58 Å². The Labute approximate surface area is 65.6 Å². The molecule has 0 amide bonds. The third-order valence-corrected chi connectivity index (χ3v) is 1.95. The maximum Gasteiger partial charge on any atom is 0.139 e. The molecule has 0 aliphatic carbocycles. The second kappa shape index (κ2) is 4.77. The minimum atomic E-state index is 0.255. The fourth-order valence-corrected chi connectivity index (χ4v) is 1.38. The van der Waals surface area contributed by atoms with Crippen LogP contribution < -0.4 is 0 Å².